The van der Waals surface area contributed by atoms with E-state index in [1.165, 1.54) is 0 Å². The van der Waals surface area contributed by atoms with Crippen molar-refractivity contribution in [1.82, 2.24) is 0 Å². The van der Waals surface area contributed by atoms with E-state index in [1.807, 2.05) is 0 Å². The van der Waals surface area contributed by atoms with Crippen LogP contribution in [0.25, 0.3) is 0 Å². The van der Waals surface area contributed by atoms with Gasteiger partial charge in [0.05, 0.1) is 0 Å². The third-order valence-electron chi connectivity index (χ3n) is 0.988. The Balaban J connectivity index is 0.000001000. The summed E-state index contributed by atoms with van der Waals surface area (Å²) in [6.45, 7) is 0.522. The van der Waals surface area contributed by atoms with Crippen LogP contribution in [0.3, 0.4) is 0 Å². The molecule has 11 heavy (non-hydrogen) atoms. The Morgan fingerprint density at radius 2 is 1.55 bits per heavy atom. The molecule has 1 aromatic heterocycles. The third-order valence-corrected chi connectivity index (χ3v) is 0.988. The SMILES string of the molecule is Fc1bcc(F)c(F)c1F.[LiH]. The predicted octanol–water partition coefficient (Wildman–Crippen LogP) is 0.933. The average Bonchev–Trinajstić information content (AvgIpc) is 1.93. The van der Waals surface area contributed by atoms with Gasteiger partial charge in [0.15, 0.2) is 0 Å². The van der Waals surface area contributed by atoms with Gasteiger partial charge >= 0.3 is 72.5 Å². The summed E-state index contributed by atoms with van der Waals surface area (Å²) in [6, 6.07) is 0. The summed E-state index contributed by atoms with van der Waals surface area (Å²) in [6.07, 6.45) is 0. The van der Waals surface area contributed by atoms with Crippen molar-refractivity contribution in [2.24, 2.45) is 0 Å². The van der Waals surface area contributed by atoms with Crippen LogP contribution in [0.15, 0.2) is 5.96 Å². The summed E-state index contributed by atoms with van der Waals surface area (Å²) >= 11 is 0. The van der Waals surface area contributed by atoms with Gasteiger partial charge in [0.25, 0.3) is 0 Å². The van der Waals surface area contributed by atoms with Gasteiger partial charge in [-0.1, -0.05) is 0 Å². The zero-order valence-electron chi connectivity index (χ0n) is 4.67. The summed E-state index contributed by atoms with van der Waals surface area (Å²) in [7, 11) is 0. The van der Waals surface area contributed by atoms with Crippen LogP contribution in [-0.4, -0.2) is 25.8 Å². The summed E-state index contributed by atoms with van der Waals surface area (Å²) in [4.78, 5) is 0. The van der Waals surface area contributed by atoms with Crippen molar-refractivity contribution in [2.75, 3.05) is 0 Å². The first-order valence-electron chi connectivity index (χ1n) is 2.42. The quantitative estimate of drug-likeness (QED) is 0.387. The molecule has 0 aliphatic rings. The molecule has 0 aliphatic carbocycles. The maximum absolute atomic E-state index is 12.0. The van der Waals surface area contributed by atoms with Gasteiger partial charge in [0, 0.05) is 0 Å². The Labute approximate surface area is 73.0 Å². The van der Waals surface area contributed by atoms with Crippen LogP contribution >= 0.6 is 0 Å². The molecule has 0 fully saturated rings. The van der Waals surface area contributed by atoms with Crippen molar-refractivity contribution in [3.05, 3.63) is 29.1 Å². The van der Waals surface area contributed by atoms with Gasteiger partial charge in [0.2, 0.25) is 0 Å². The van der Waals surface area contributed by atoms with E-state index < -0.39 is 23.2 Å². The van der Waals surface area contributed by atoms with E-state index in [-0.39, 0.29) is 18.9 Å². The molecule has 0 amide bonds. The normalized spacial score (nSPS) is 8.73. The second kappa shape index (κ2) is 3.94. The van der Waals surface area contributed by atoms with E-state index in [0.717, 1.165) is 0 Å². The van der Waals surface area contributed by atoms with E-state index in [2.05, 4.69) is 0 Å². The van der Waals surface area contributed by atoms with E-state index >= 15 is 0 Å². The predicted molar refractivity (Wildman–Crippen MR) is 34.8 cm³/mol. The Kier molecular flexibility index (Phi) is 3.84. The Bertz CT molecular complexity index is 238. The van der Waals surface area contributed by atoms with Crippen molar-refractivity contribution in [3.63, 3.8) is 0 Å². The van der Waals surface area contributed by atoms with Crippen LogP contribution in [-0.2, 0) is 0 Å². The average molecular weight is 156 g/mol. The topological polar surface area (TPSA) is 0 Å². The van der Waals surface area contributed by atoms with E-state index in [0.29, 0.717) is 12.9 Å². The molecule has 0 radical (unpaired) electrons. The van der Waals surface area contributed by atoms with Crippen molar-refractivity contribution in [2.45, 2.75) is 0 Å². The maximum atomic E-state index is 12.0. The van der Waals surface area contributed by atoms with Gasteiger partial charge in [0.1, 0.15) is 0 Å². The molecule has 0 atom stereocenters. The molecular weight excluding hydrogens is 154 g/mol. The molecule has 0 spiro atoms. The van der Waals surface area contributed by atoms with E-state index in [1.54, 1.807) is 0 Å². The van der Waals surface area contributed by atoms with Crippen LogP contribution in [0, 0.1) is 23.2 Å². The van der Waals surface area contributed by atoms with E-state index in [4.69, 9.17) is 0 Å². The molecule has 0 saturated heterocycles. The number of rotatable bonds is 0. The Hall–Kier alpha value is -0.268. The summed E-state index contributed by atoms with van der Waals surface area (Å²) in [5.41, 5.74) is -1.39. The molecule has 54 valence electrons. The molecule has 0 bridgehead atoms. The molecule has 0 unspecified atom stereocenters. The minimum atomic E-state index is -1.78. The van der Waals surface area contributed by atoms with Gasteiger partial charge in [-0.15, -0.1) is 0 Å². The molecule has 1 aromatic rings. The van der Waals surface area contributed by atoms with Crippen molar-refractivity contribution in [3.8, 4) is 0 Å². The molecule has 1 heterocycles. The zero-order valence-corrected chi connectivity index (χ0v) is 4.67. The van der Waals surface area contributed by atoms with E-state index in [9.17, 15) is 17.6 Å². The monoisotopic (exact) mass is 156 g/mol. The van der Waals surface area contributed by atoms with Gasteiger partial charge in [-0.25, -0.2) is 0 Å². The Morgan fingerprint density at radius 1 is 1.00 bits per heavy atom. The number of hydrogen-bond acceptors (Lipinski definition) is 0. The van der Waals surface area contributed by atoms with Crippen LogP contribution in [0.1, 0.15) is 0 Å². The first-order chi connectivity index (χ1) is 4.63. The van der Waals surface area contributed by atoms with Gasteiger partial charge in [-0.05, 0) is 0 Å². The van der Waals surface area contributed by atoms with Crippen LogP contribution < -0.4 is 0 Å². The van der Waals surface area contributed by atoms with Crippen LogP contribution in [0.2, 0.25) is 0 Å². The fraction of sp³-hybridized carbons (Fsp3) is 0. The molecule has 0 N–H and O–H groups in total. The zero-order chi connectivity index (χ0) is 7.72. The molecule has 6 heteroatoms. The number of hydrogen-bond donors (Lipinski definition) is 0. The van der Waals surface area contributed by atoms with Gasteiger partial charge in [-0.2, -0.15) is 0 Å². The fourth-order valence-corrected chi connectivity index (χ4v) is 0.502. The standard InChI is InChI=1S/C5HBF4.Li.H/c7-2-1-6-5(10)4(9)3(2)8;;/h1H;;. The molecule has 0 nitrogen and oxygen atoms in total. The van der Waals surface area contributed by atoms with Gasteiger partial charge in [-0.3, -0.25) is 0 Å². The first-order valence-corrected chi connectivity index (χ1v) is 2.42. The van der Waals surface area contributed by atoms with Crippen molar-refractivity contribution in [1.29, 1.82) is 0 Å². The molecular formula is C5H2BF4Li. The molecule has 0 saturated carbocycles. The Morgan fingerprint density at radius 3 is 2.00 bits per heavy atom. The molecule has 0 aromatic carbocycles. The minimum absolute atomic E-state index is 0. The second-order valence-corrected chi connectivity index (χ2v) is 1.66. The molecule has 1 rings (SSSR count). The van der Waals surface area contributed by atoms with Crippen LogP contribution in [0.4, 0.5) is 17.6 Å². The fourth-order valence-electron chi connectivity index (χ4n) is 0.502. The summed E-state index contributed by atoms with van der Waals surface area (Å²) in [5, 5.41) is 0. The van der Waals surface area contributed by atoms with Crippen LogP contribution in [0.5, 0.6) is 0 Å². The second-order valence-electron chi connectivity index (χ2n) is 1.66. The first kappa shape index (κ1) is 10.7. The van der Waals surface area contributed by atoms with Gasteiger partial charge < -0.3 is 0 Å². The number of halogens is 4. The summed E-state index contributed by atoms with van der Waals surface area (Å²) in [5.74, 6) is -4.42. The summed E-state index contributed by atoms with van der Waals surface area (Å²) < 4.78 is 48.0. The third kappa shape index (κ3) is 2.08. The molecule has 0 aliphatic heterocycles. The van der Waals surface area contributed by atoms with Crippen molar-refractivity contribution >= 4 is 25.8 Å². The van der Waals surface area contributed by atoms with Crippen molar-refractivity contribution < 1.29 is 17.6 Å².